The molecule has 0 amide bonds. The van der Waals surface area contributed by atoms with Gasteiger partial charge in [-0.15, -0.1) is 0 Å². The first-order valence-corrected chi connectivity index (χ1v) is 10.5. The lowest BCUT2D eigenvalue weighted by Crippen LogP contribution is -2.48. The molecule has 1 atom stereocenters. The highest BCUT2D eigenvalue weighted by Crippen LogP contribution is 2.45. The molecule has 0 spiro atoms. The number of fused-ring (bicyclic) bond motifs is 1. The third-order valence-corrected chi connectivity index (χ3v) is 6.43. The average Bonchev–Trinajstić information content (AvgIpc) is 2.89. The van der Waals surface area contributed by atoms with Gasteiger partial charge in [-0.25, -0.2) is 0 Å². The van der Waals surface area contributed by atoms with Crippen LogP contribution in [0.2, 0.25) is 0 Å². The van der Waals surface area contributed by atoms with Crippen molar-refractivity contribution in [1.29, 1.82) is 0 Å². The number of methoxy groups -OCH3 is 2. The van der Waals surface area contributed by atoms with Gasteiger partial charge in [0.2, 0.25) is 0 Å². The summed E-state index contributed by atoms with van der Waals surface area (Å²) in [7, 11) is 3.38. The summed E-state index contributed by atoms with van der Waals surface area (Å²) in [5, 5.41) is 0. The summed E-state index contributed by atoms with van der Waals surface area (Å²) < 4.78 is 14.9. The van der Waals surface area contributed by atoms with Crippen LogP contribution in [0.4, 0.5) is 11.4 Å². The summed E-state index contributed by atoms with van der Waals surface area (Å²) in [6.07, 6.45) is 4.64. The Labute approximate surface area is 167 Å². The summed E-state index contributed by atoms with van der Waals surface area (Å²) in [4.78, 5) is 3.58. The van der Waals surface area contributed by atoms with E-state index in [1.165, 1.54) is 18.5 Å². The van der Waals surface area contributed by atoms with Crippen molar-refractivity contribution in [3.63, 3.8) is 0 Å². The molecular weight excluding hydrogens is 356 g/mol. The first-order valence-electron chi connectivity index (χ1n) is 9.69. The second-order valence-electron chi connectivity index (χ2n) is 7.04. The monoisotopic (exact) mass is 386 g/mol. The van der Waals surface area contributed by atoms with E-state index in [1.807, 2.05) is 0 Å². The quantitative estimate of drug-likeness (QED) is 0.609. The molecule has 1 aliphatic heterocycles. The Kier molecular flexibility index (Phi) is 6.55. The molecule has 2 aromatic rings. The second kappa shape index (κ2) is 8.89. The molecule has 5 heteroatoms. The molecule has 146 valence electrons. The summed E-state index contributed by atoms with van der Waals surface area (Å²) in [6.45, 7) is 5.46. The number of ether oxygens (including phenoxy) is 2. The van der Waals surface area contributed by atoms with Gasteiger partial charge in [-0.3, -0.25) is 4.72 Å². The van der Waals surface area contributed by atoms with Gasteiger partial charge in [-0.05, 0) is 36.9 Å². The van der Waals surface area contributed by atoms with Crippen LogP contribution in [0.3, 0.4) is 0 Å². The lowest BCUT2D eigenvalue weighted by Gasteiger charge is -2.37. The Morgan fingerprint density at radius 2 is 1.78 bits per heavy atom. The van der Waals surface area contributed by atoms with Crippen molar-refractivity contribution >= 4 is 23.3 Å². The van der Waals surface area contributed by atoms with Gasteiger partial charge in [0, 0.05) is 29.9 Å². The van der Waals surface area contributed by atoms with E-state index in [1.54, 1.807) is 26.2 Å². The molecule has 0 aromatic heterocycles. The van der Waals surface area contributed by atoms with Gasteiger partial charge in [0.25, 0.3) is 0 Å². The Morgan fingerprint density at radius 3 is 2.41 bits per heavy atom. The maximum Gasteiger partial charge on any atom is 0.162 e. The fourth-order valence-electron chi connectivity index (χ4n) is 3.57. The highest BCUT2D eigenvalue weighted by Gasteiger charge is 2.35. The Balaban J connectivity index is 2.10. The standard InChI is InChI=1S/C22H30N2O2S/c1-5-7-13-22(6-2)16-24(17-11-9-8-10-12-17)18-14-19(25-3)20(26-4)15-21(18)27-23-22/h8-12,14-15,23H,5-7,13,16H2,1-4H3. The molecule has 1 heterocycles. The molecule has 0 radical (unpaired) electrons. The molecule has 0 saturated heterocycles. The number of anilines is 2. The van der Waals surface area contributed by atoms with Crippen LogP contribution in [0.1, 0.15) is 39.5 Å². The van der Waals surface area contributed by atoms with Gasteiger partial charge in [0.15, 0.2) is 11.5 Å². The second-order valence-corrected chi connectivity index (χ2v) is 7.89. The Bertz CT molecular complexity index is 753. The van der Waals surface area contributed by atoms with E-state index in [2.05, 4.69) is 65.9 Å². The van der Waals surface area contributed by atoms with Gasteiger partial charge in [0.1, 0.15) is 0 Å². The van der Waals surface area contributed by atoms with Crippen molar-refractivity contribution in [2.45, 2.75) is 50.0 Å². The lowest BCUT2D eigenvalue weighted by atomic mass is 9.89. The van der Waals surface area contributed by atoms with Crippen molar-refractivity contribution < 1.29 is 9.47 Å². The maximum absolute atomic E-state index is 5.59. The van der Waals surface area contributed by atoms with Crippen LogP contribution in [0.5, 0.6) is 11.5 Å². The molecule has 0 bridgehead atoms. The van der Waals surface area contributed by atoms with Gasteiger partial charge >= 0.3 is 0 Å². The number of hydrogen-bond acceptors (Lipinski definition) is 5. The lowest BCUT2D eigenvalue weighted by molar-refractivity contribution is 0.350. The average molecular weight is 387 g/mol. The molecule has 0 aliphatic carbocycles. The Morgan fingerprint density at radius 1 is 1.07 bits per heavy atom. The predicted molar refractivity (Wildman–Crippen MR) is 115 cm³/mol. The number of unbranched alkanes of at least 4 members (excludes halogenated alkanes) is 1. The molecule has 1 unspecified atom stereocenters. The zero-order chi connectivity index (χ0) is 19.3. The van der Waals surface area contributed by atoms with E-state index in [0.717, 1.165) is 41.5 Å². The van der Waals surface area contributed by atoms with Crippen LogP contribution < -0.4 is 19.1 Å². The van der Waals surface area contributed by atoms with E-state index in [4.69, 9.17) is 9.47 Å². The van der Waals surface area contributed by atoms with Crippen LogP contribution in [0, 0.1) is 0 Å². The molecular formula is C22H30N2O2S. The minimum Gasteiger partial charge on any atom is -0.493 e. The van der Waals surface area contributed by atoms with Crippen molar-refractivity contribution in [2.75, 3.05) is 25.7 Å². The van der Waals surface area contributed by atoms with Crippen LogP contribution in [-0.4, -0.2) is 26.3 Å². The van der Waals surface area contributed by atoms with Crippen molar-refractivity contribution in [3.8, 4) is 11.5 Å². The number of benzene rings is 2. The van der Waals surface area contributed by atoms with Gasteiger partial charge in [-0.2, -0.15) is 0 Å². The molecule has 0 fully saturated rings. The van der Waals surface area contributed by atoms with Gasteiger partial charge in [-0.1, -0.05) is 44.9 Å². The van der Waals surface area contributed by atoms with Gasteiger partial charge < -0.3 is 14.4 Å². The molecule has 1 N–H and O–H groups in total. The van der Waals surface area contributed by atoms with E-state index in [0.29, 0.717) is 0 Å². The summed E-state index contributed by atoms with van der Waals surface area (Å²) in [6, 6.07) is 14.8. The topological polar surface area (TPSA) is 33.7 Å². The zero-order valence-electron chi connectivity index (χ0n) is 16.7. The van der Waals surface area contributed by atoms with Gasteiger partial charge in [0.05, 0.1) is 24.8 Å². The van der Waals surface area contributed by atoms with Crippen molar-refractivity contribution in [3.05, 3.63) is 42.5 Å². The molecule has 1 aliphatic rings. The fraction of sp³-hybridized carbons (Fsp3) is 0.455. The molecule has 27 heavy (non-hydrogen) atoms. The van der Waals surface area contributed by atoms with Crippen LogP contribution in [-0.2, 0) is 0 Å². The van der Waals surface area contributed by atoms with E-state index >= 15 is 0 Å². The largest absolute Gasteiger partial charge is 0.493 e. The fourth-order valence-corrected chi connectivity index (χ4v) is 4.65. The Hall–Kier alpha value is -1.85. The smallest absolute Gasteiger partial charge is 0.162 e. The maximum atomic E-state index is 5.59. The minimum absolute atomic E-state index is 0.0516. The zero-order valence-corrected chi connectivity index (χ0v) is 17.6. The summed E-state index contributed by atoms with van der Waals surface area (Å²) in [5.74, 6) is 1.52. The number of nitrogens with zero attached hydrogens (tertiary/aromatic N) is 1. The van der Waals surface area contributed by atoms with Crippen molar-refractivity contribution in [1.82, 2.24) is 4.72 Å². The SMILES string of the molecule is CCCCC1(CC)CN(c2ccccc2)c2cc(OC)c(OC)cc2SN1. The predicted octanol–water partition coefficient (Wildman–Crippen LogP) is 5.79. The third kappa shape index (κ3) is 4.19. The normalized spacial score (nSPS) is 19.3. The molecule has 3 rings (SSSR count). The van der Waals surface area contributed by atoms with E-state index in [9.17, 15) is 0 Å². The highest BCUT2D eigenvalue weighted by molar-refractivity contribution is 7.97. The van der Waals surface area contributed by atoms with Crippen molar-refractivity contribution in [2.24, 2.45) is 0 Å². The van der Waals surface area contributed by atoms with E-state index < -0.39 is 0 Å². The number of hydrogen-bond donors (Lipinski definition) is 1. The number of rotatable bonds is 7. The van der Waals surface area contributed by atoms with Crippen LogP contribution in [0.25, 0.3) is 0 Å². The first-order chi connectivity index (χ1) is 13.2. The van der Waals surface area contributed by atoms with Crippen LogP contribution >= 0.6 is 11.9 Å². The van der Waals surface area contributed by atoms with Crippen LogP contribution in [0.15, 0.2) is 47.4 Å². The first kappa shape index (κ1) is 19.9. The van der Waals surface area contributed by atoms with E-state index in [-0.39, 0.29) is 5.54 Å². The summed E-state index contributed by atoms with van der Waals surface area (Å²) in [5.41, 5.74) is 2.41. The number of para-hydroxylation sites is 1. The molecule has 4 nitrogen and oxygen atoms in total. The number of nitrogens with one attached hydrogen (secondary N) is 1. The highest BCUT2D eigenvalue weighted by atomic mass is 32.2. The molecule has 0 saturated carbocycles. The minimum atomic E-state index is 0.0516. The molecule has 2 aromatic carbocycles. The third-order valence-electron chi connectivity index (χ3n) is 5.35. The summed E-state index contributed by atoms with van der Waals surface area (Å²) >= 11 is 1.71.